The summed E-state index contributed by atoms with van der Waals surface area (Å²) >= 11 is 0. The number of nitrogens with zero attached hydrogens (tertiary/aromatic N) is 9. The molecule has 346 valence electrons. The fraction of sp³-hybridized carbons (Fsp3) is 0. The van der Waals surface area contributed by atoms with E-state index in [2.05, 4.69) is 70.1 Å². The predicted molar refractivity (Wildman–Crippen MR) is 296 cm³/mol. The lowest BCUT2D eigenvalue weighted by atomic mass is 9.97. The molecule has 0 saturated heterocycles. The molecule has 12 aromatic rings. The van der Waals surface area contributed by atoms with Crippen LogP contribution in [0.4, 0.5) is 5.69 Å². The Morgan fingerprint density at radius 3 is 1.33 bits per heavy atom. The van der Waals surface area contributed by atoms with Crippen molar-refractivity contribution < 1.29 is 0 Å². The molecule has 75 heavy (non-hydrogen) atoms. The van der Waals surface area contributed by atoms with Crippen molar-refractivity contribution in [1.29, 1.82) is 15.8 Å². The first-order valence-electron chi connectivity index (χ1n) is 24.1. The average Bonchev–Trinajstić information content (AvgIpc) is 3.87. The smallest absolute Gasteiger partial charge is 0.196 e. The van der Waals surface area contributed by atoms with Crippen molar-refractivity contribution in [3.63, 3.8) is 0 Å². The quantitative estimate of drug-likeness (QED) is 0.132. The van der Waals surface area contributed by atoms with Crippen molar-refractivity contribution in [3.05, 3.63) is 253 Å². The monoisotopic (exact) mass is 955 g/mol. The van der Waals surface area contributed by atoms with Gasteiger partial charge in [-0.15, -0.1) is 0 Å². The van der Waals surface area contributed by atoms with Crippen LogP contribution < -0.4 is 0 Å². The highest BCUT2D eigenvalue weighted by Gasteiger charge is 2.23. The number of hydrogen-bond acceptors (Lipinski definition) is 7. The number of nitriles is 3. The first-order valence-corrected chi connectivity index (χ1v) is 24.1. The highest BCUT2D eigenvalue weighted by Crippen LogP contribution is 2.43. The van der Waals surface area contributed by atoms with Gasteiger partial charge in [-0.1, -0.05) is 164 Å². The van der Waals surface area contributed by atoms with Crippen LogP contribution >= 0.6 is 0 Å². The molecular weight excluding hydrogens is 919 g/mol. The zero-order valence-electron chi connectivity index (χ0n) is 39.9. The van der Waals surface area contributed by atoms with E-state index in [0.717, 1.165) is 83.4 Å². The molecule has 0 fully saturated rings. The van der Waals surface area contributed by atoms with Gasteiger partial charge in [0.05, 0.1) is 75.4 Å². The fourth-order valence-corrected chi connectivity index (χ4v) is 9.73. The molecule has 9 heteroatoms. The van der Waals surface area contributed by atoms with E-state index in [-0.39, 0.29) is 0 Å². The number of rotatable bonds is 9. The van der Waals surface area contributed by atoms with Gasteiger partial charge in [-0.05, 0) is 82.9 Å². The molecule has 3 aromatic heterocycles. The van der Waals surface area contributed by atoms with Gasteiger partial charge < -0.3 is 4.57 Å². The lowest BCUT2D eigenvalue weighted by molar-refractivity contribution is 1.15. The van der Waals surface area contributed by atoms with E-state index in [1.165, 1.54) is 0 Å². The maximum atomic E-state index is 10.4. The third-order valence-electron chi connectivity index (χ3n) is 13.4. The van der Waals surface area contributed by atoms with Crippen LogP contribution in [0.25, 0.3) is 122 Å². The molecule has 9 nitrogen and oxygen atoms in total. The molecule has 0 spiro atoms. The minimum Gasteiger partial charge on any atom is -0.309 e. The Hall–Kier alpha value is -11.1. The van der Waals surface area contributed by atoms with Gasteiger partial charge in [-0.2, -0.15) is 15.8 Å². The summed E-state index contributed by atoms with van der Waals surface area (Å²) in [5.74, 6) is 1.13. The summed E-state index contributed by atoms with van der Waals surface area (Å²) in [7, 11) is 0. The molecular formula is C66H37N9. The van der Waals surface area contributed by atoms with Gasteiger partial charge in [-0.25, -0.2) is 24.8 Å². The molecule has 0 bridgehead atoms. The standard InChI is InChI=1S/C66H37N9/c1-70-60-33-43(40-68)23-28-53(60)49-25-30-55-54-29-24-48(52-27-22-42(39-67)32-51(52)41-69)35-63(54)75(64(55)36-49)62-31-26-50(59-37-57(44-14-6-2-7-15-44)71-65(73-59)46-18-10-4-11-19-46)34-56(62)61-38-58(45-16-8-3-9-17-45)72-66(74-61)47-20-12-5-13-21-47/h2-38H. The summed E-state index contributed by atoms with van der Waals surface area (Å²) in [6.07, 6.45) is 0. The molecule has 9 aromatic carbocycles. The van der Waals surface area contributed by atoms with Crippen molar-refractivity contribution in [3.8, 4) is 114 Å². The van der Waals surface area contributed by atoms with Crippen molar-refractivity contribution in [2.45, 2.75) is 0 Å². The molecule has 0 saturated carbocycles. The van der Waals surface area contributed by atoms with Gasteiger partial charge in [0.15, 0.2) is 17.3 Å². The first-order chi connectivity index (χ1) is 37.0. The van der Waals surface area contributed by atoms with Crippen molar-refractivity contribution in [2.75, 3.05) is 0 Å². The number of hydrogen-bond donors (Lipinski definition) is 0. The van der Waals surface area contributed by atoms with Gasteiger partial charge in [0.1, 0.15) is 0 Å². The molecule has 0 aliphatic rings. The molecule has 12 rings (SSSR count). The van der Waals surface area contributed by atoms with Crippen molar-refractivity contribution in [1.82, 2.24) is 24.5 Å². The Bertz CT molecular complexity index is 4140. The van der Waals surface area contributed by atoms with Crippen LogP contribution in [0.3, 0.4) is 0 Å². The number of fused-ring (bicyclic) bond motifs is 3. The Kier molecular flexibility index (Phi) is 11.6. The topological polar surface area (TPSA) is 132 Å². The molecule has 0 aliphatic heterocycles. The average molecular weight is 956 g/mol. The van der Waals surface area contributed by atoms with E-state index in [0.29, 0.717) is 56.5 Å². The summed E-state index contributed by atoms with van der Waals surface area (Å²) < 4.78 is 2.23. The summed E-state index contributed by atoms with van der Waals surface area (Å²) in [4.78, 5) is 24.8. The molecule has 0 unspecified atom stereocenters. The SMILES string of the molecule is [C-]#[N+]c1cc(C#N)ccc1-c1ccc2c3ccc(-c4ccc(C#N)cc4C#N)cc3n(-c3ccc(-c4cc(-c5ccccc5)nc(-c5ccccc5)n4)cc3-c3cc(-c4ccccc4)nc(-c4ccccc4)n3)c2c1. The lowest BCUT2D eigenvalue weighted by Crippen LogP contribution is -2.02. The Morgan fingerprint density at radius 2 is 0.813 bits per heavy atom. The fourth-order valence-electron chi connectivity index (χ4n) is 9.73. The largest absolute Gasteiger partial charge is 0.309 e. The van der Waals surface area contributed by atoms with Gasteiger partial charge in [0, 0.05) is 49.7 Å². The maximum Gasteiger partial charge on any atom is 0.196 e. The summed E-state index contributed by atoms with van der Waals surface area (Å²) in [5.41, 5.74) is 15.1. The number of benzene rings is 9. The second-order valence-electron chi connectivity index (χ2n) is 17.9. The summed E-state index contributed by atoms with van der Waals surface area (Å²) in [6.45, 7) is 8.14. The predicted octanol–water partition coefficient (Wildman–Crippen LogP) is 15.9. The van der Waals surface area contributed by atoms with E-state index >= 15 is 0 Å². The molecule has 0 amide bonds. The maximum absolute atomic E-state index is 10.4. The lowest BCUT2D eigenvalue weighted by Gasteiger charge is -2.18. The van der Waals surface area contributed by atoms with Gasteiger partial charge >= 0.3 is 0 Å². The van der Waals surface area contributed by atoms with E-state index < -0.39 is 0 Å². The van der Waals surface area contributed by atoms with E-state index in [4.69, 9.17) is 26.5 Å². The van der Waals surface area contributed by atoms with Crippen LogP contribution in [0.1, 0.15) is 16.7 Å². The van der Waals surface area contributed by atoms with Crippen LogP contribution in [0.2, 0.25) is 0 Å². The first kappa shape index (κ1) is 45.1. The molecule has 0 aliphatic carbocycles. The Balaban J connectivity index is 1.19. The highest BCUT2D eigenvalue weighted by atomic mass is 15.0. The Morgan fingerprint density at radius 1 is 0.360 bits per heavy atom. The third kappa shape index (κ3) is 8.48. The second kappa shape index (κ2) is 19.2. The normalized spacial score (nSPS) is 10.9. The van der Waals surface area contributed by atoms with E-state index in [9.17, 15) is 15.8 Å². The van der Waals surface area contributed by atoms with Crippen LogP contribution in [-0.2, 0) is 0 Å². The third-order valence-corrected chi connectivity index (χ3v) is 13.4. The van der Waals surface area contributed by atoms with E-state index in [1.54, 1.807) is 24.3 Å². The van der Waals surface area contributed by atoms with Crippen LogP contribution in [0.5, 0.6) is 0 Å². The van der Waals surface area contributed by atoms with Gasteiger partial charge in [0.2, 0.25) is 0 Å². The highest BCUT2D eigenvalue weighted by molar-refractivity contribution is 6.12. The summed E-state index contributed by atoms with van der Waals surface area (Å²) in [5, 5.41) is 31.8. The second-order valence-corrected chi connectivity index (χ2v) is 17.9. The van der Waals surface area contributed by atoms with Crippen molar-refractivity contribution >= 4 is 27.5 Å². The molecule has 0 atom stereocenters. The molecule has 3 heterocycles. The Labute approximate surface area is 432 Å². The van der Waals surface area contributed by atoms with Crippen molar-refractivity contribution in [2.24, 2.45) is 0 Å². The van der Waals surface area contributed by atoms with Crippen LogP contribution in [0, 0.1) is 40.6 Å². The van der Waals surface area contributed by atoms with Gasteiger partial charge in [-0.3, -0.25) is 0 Å². The van der Waals surface area contributed by atoms with Crippen LogP contribution in [-0.4, -0.2) is 24.5 Å². The zero-order valence-corrected chi connectivity index (χ0v) is 39.9. The van der Waals surface area contributed by atoms with Gasteiger partial charge in [0.25, 0.3) is 0 Å². The summed E-state index contributed by atoms with van der Waals surface area (Å²) in [6, 6.07) is 79.9. The molecule has 0 radical (unpaired) electrons. The number of aromatic nitrogens is 5. The van der Waals surface area contributed by atoms with E-state index in [1.807, 2.05) is 158 Å². The minimum atomic E-state index is 0.366. The van der Waals surface area contributed by atoms with Crippen LogP contribution in [0.15, 0.2) is 224 Å². The molecule has 0 N–H and O–H groups in total. The minimum absolute atomic E-state index is 0.366. The zero-order chi connectivity index (χ0) is 50.8.